The molecule has 212 valence electrons. The average Bonchev–Trinajstić information content (AvgIpc) is 3.71. The Kier molecular flexibility index (Phi) is 5.69. The number of ether oxygens (including phenoxy) is 1. The number of rotatable bonds is 4. The molecule has 2 atom stereocenters. The highest BCUT2D eigenvalue weighted by molar-refractivity contribution is 7.20. The third-order valence-electron chi connectivity index (χ3n) is 10.1. The van der Waals surface area contributed by atoms with Gasteiger partial charge in [-0.2, -0.15) is 0 Å². The van der Waals surface area contributed by atoms with Crippen LogP contribution in [0.4, 0.5) is 11.4 Å². The van der Waals surface area contributed by atoms with Crippen LogP contribution in [0.15, 0.2) is 84.1 Å². The van der Waals surface area contributed by atoms with Crippen LogP contribution in [0, 0.1) is 5.41 Å². The molecular formula is C38H33N3OS. The van der Waals surface area contributed by atoms with E-state index in [2.05, 4.69) is 96.0 Å². The lowest BCUT2D eigenvalue weighted by Gasteiger charge is -2.31. The molecule has 4 nitrogen and oxygen atoms in total. The third kappa shape index (κ3) is 3.88. The van der Waals surface area contributed by atoms with Crippen molar-refractivity contribution < 1.29 is 4.74 Å². The second-order valence-corrected chi connectivity index (χ2v) is 13.5. The fourth-order valence-electron chi connectivity index (χ4n) is 7.85. The van der Waals surface area contributed by atoms with Gasteiger partial charge in [-0.3, -0.25) is 0 Å². The average molecular weight is 580 g/mol. The minimum atomic E-state index is 0.275. The number of aryl methyl sites for hydroxylation is 1. The molecule has 3 heterocycles. The van der Waals surface area contributed by atoms with E-state index in [1.165, 1.54) is 71.2 Å². The molecule has 1 saturated heterocycles. The molecule has 1 fully saturated rings. The molecule has 2 aliphatic heterocycles. The number of piperidine rings is 1. The number of allylic oxidation sites excluding steroid dienone is 3. The number of fused-ring (bicyclic) bond motifs is 9. The quantitative estimate of drug-likeness (QED) is 0.209. The van der Waals surface area contributed by atoms with E-state index in [0.29, 0.717) is 5.92 Å². The predicted octanol–water partition coefficient (Wildman–Crippen LogP) is 9.00. The molecule has 0 bridgehead atoms. The summed E-state index contributed by atoms with van der Waals surface area (Å²) in [5.41, 5.74) is 11.4. The number of nitrogens with one attached hydrogen (secondary N) is 2. The summed E-state index contributed by atoms with van der Waals surface area (Å²) >= 11 is 1.92. The lowest BCUT2D eigenvalue weighted by Crippen LogP contribution is -2.37. The van der Waals surface area contributed by atoms with E-state index in [4.69, 9.17) is 10.1 Å². The van der Waals surface area contributed by atoms with Crippen LogP contribution in [-0.2, 0) is 12.8 Å². The van der Waals surface area contributed by atoms with Crippen LogP contribution in [0.5, 0.6) is 5.75 Å². The van der Waals surface area contributed by atoms with Gasteiger partial charge in [-0.1, -0.05) is 42.5 Å². The molecule has 0 amide bonds. The largest absolute Gasteiger partial charge is 0.489 e. The maximum atomic E-state index is 7.92. The van der Waals surface area contributed by atoms with Gasteiger partial charge in [0.1, 0.15) is 11.9 Å². The molecule has 1 aromatic heterocycles. The molecule has 2 N–H and O–H groups in total. The highest BCUT2D eigenvalue weighted by Gasteiger charge is 2.37. The van der Waals surface area contributed by atoms with Crippen molar-refractivity contribution in [3.05, 3.63) is 111 Å². The lowest BCUT2D eigenvalue weighted by molar-refractivity contribution is 0.172. The molecule has 9 rings (SSSR count). The minimum absolute atomic E-state index is 0.275. The topological polar surface area (TPSA) is 48.4 Å². The molecule has 5 heteroatoms. The summed E-state index contributed by atoms with van der Waals surface area (Å²) in [6, 6.07) is 27.1. The van der Waals surface area contributed by atoms with E-state index >= 15 is 0 Å². The zero-order valence-corrected chi connectivity index (χ0v) is 25.1. The second kappa shape index (κ2) is 9.66. The van der Waals surface area contributed by atoms with Gasteiger partial charge in [0.2, 0.25) is 0 Å². The zero-order valence-electron chi connectivity index (χ0n) is 24.2. The van der Waals surface area contributed by atoms with Crippen molar-refractivity contribution in [2.75, 3.05) is 18.0 Å². The van der Waals surface area contributed by atoms with Gasteiger partial charge in [0, 0.05) is 62.3 Å². The van der Waals surface area contributed by atoms with Crippen molar-refractivity contribution in [1.29, 1.82) is 5.41 Å². The summed E-state index contributed by atoms with van der Waals surface area (Å²) < 4.78 is 7.93. The Morgan fingerprint density at radius 1 is 1.00 bits per heavy atom. The summed E-state index contributed by atoms with van der Waals surface area (Å²) in [5.74, 6) is 1.47. The van der Waals surface area contributed by atoms with Crippen LogP contribution in [0.1, 0.15) is 52.8 Å². The SMILES string of the molecule is CC1=C(C=N)Cc2ccc(N(C3=Cc4sc5ccc6ccccc6c5c4CC3)c3ccc4c(c3)OC3CCNCC43)cc21. The van der Waals surface area contributed by atoms with Crippen molar-refractivity contribution >= 4 is 61.4 Å². The van der Waals surface area contributed by atoms with Crippen LogP contribution in [-0.4, -0.2) is 25.4 Å². The Hall–Kier alpha value is -4.19. The van der Waals surface area contributed by atoms with Crippen LogP contribution >= 0.6 is 11.3 Å². The van der Waals surface area contributed by atoms with Crippen molar-refractivity contribution in [1.82, 2.24) is 5.32 Å². The molecule has 2 unspecified atom stereocenters. The minimum Gasteiger partial charge on any atom is -0.489 e. The molecule has 5 aromatic rings. The van der Waals surface area contributed by atoms with Crippen LogP contribution in [0.25, 0.3) is 32.5 Å². The van der Waals surface area contributed by atoms with Crippen molar-refractivity contribution in [2.45, 2.75) is 44.6 Å². The maximum absolute atomic E-state index is 7.92. The fourth-order valence-corrected chi connectivity index (χ4v) is 9.08. The molecule has 0 radical (unpaired) electrons. The Bertz CT molecular complexity index is 2050. The standard InChI is InChI=1S/C38H33N3OS/c1-22-25(20-39)16-24-6-8-26(17-32(22)24)41(27-9-11-30-33-21-40-15-14-34(33)42-35(30)18-27)28-10-12-31-37(19-28)43-36-13-7-23-4-2-3-5-29(23)38(31)36/h2-9,11,13,17-20,33-34,39-40H,10,12,14-16,21H2,1H3. The number of anilines is 2. The van der Waals surface area contributed by atoms with Gasteiger partial charge in [0.05, 0.1) is 0 Å². The number of nitrogens with zero attached hydrogens (tertiary/aromatic N) is 1. The highest BCUT2D eigenvalue weighted by atomic mass is 32.1. The van der Waals surface area contributed by atoms with Crippen LogP contribution in [0.2, 0.25) is 0 Å². The number of hydrogen-bond acceptors (Lipinski definition) is 5. The zero-order chi connectivity index (χ0) is 28.7. The molecule has 2 aliphatic carbocycles. The second-order valence-electron chi connectivity index (χ2n) is 12.4. The van der Waals surface area contributed by atoms with E-state index in [9.17, 15) is 0 Å². The van der Waals surface area contributed by atoms with Gasteiger partial charge in [0.15, 0.2) is 0 Å². The summed E-state index contributed by atoms with van der Waals surface area (Å²) in [7, 11) is 0. The third-order valence-corrected chi connectivity index (χ3v) is 11.2. The molecule has 43 heavy (non-hydrogen) atoms. The lowest BCUT2D eigenvalue weighted by atomic mass is 9.91. The smallest absolute Gasteiger partial charge is 0.125 e. The van der Waals surface area contributed by atoms with Gasteiger partial charge in [-0.15, -0.1) is 11.3 Å². The van der Waals surface area contributed by atoms with Crippen molar-refractivity contribution in [3.63, 3.8) is 0 Å². The van der Waals surface area contributed by atoms with Gasteiger partial charge < -0.3 is 20.4 Å². The van der Waals surface area contributed by atoms with Gasteiger partial charge in [-0.05, 0) is 108 Å². The maximum Gasteiger partial charge on any atom is 0.125 e. The summed E-state index contributed by atoms with van der Waals surface area (Å²) in [6.07, 6.45) is 8.12. The van der Waals surface area contributed by atoms with Gasteiger partial charge >= 0.3 is 0 Å². The van der Waals surface area contributed by atoms with Gasteiger partial charge in [-0.25, -0.2) is 0 Å². The van der Waals surface area contributed by atoms with Crippen molar-refractivity contribution in [2.24, 2.45) is 0 Å². The first kappa shape index (κ1) is 25.3. The summed E-state index contributed by atoms with van der Waals surface area (Å²) in [4.78, 5) is 3.83. The summed E-state index contributed by atoms with van der Waals surface area (Å²) in [6.45, 7) is 4.17. The Morgan fingerprint density at radius 2 is 1.88 bits per heavy atom. The van der Waals surface area contributed by atoms with E-state index in [1.807, 2.05) is 11.3 Å². The number of hydrogen-bond donors (Lipinski definition) is 2. The first-order chi connectivity index (χ1) is 21.2. The fraction of sp³-hybridized carbons (Fsp3) is 0.237. The molecule has 4 aromatic carbocycles. The van der Waals surface area contributed by atoms with E-state index in [-0.39, 0.29) is 6.10 Å². The molecular weight excluding hydrogens is 547 g/mol. The number of benzene rings is 4. The molecule has 0 spiro atoms. The first-order valence-electron chi connectivity index (χ1n) is 15.4. The van der Waals surface area contributed by atoms with Crippen molar-refractivity contribution in [3.8, 4) is 5.75 Å². The van der Waals surface area contributed by atoms with E-state index < -0.39 is 0 Å². The summed E-state index contributed by atoms with van der Waals surface area (Å²) in [5, 5.41) is 15.6. The van der Waals surface area contributed by atoms with Crippen LogP contribution < -0.4 is 15.0 Å². The molecule has 4 aliphatic rings. The molecule has 0 saturated carbocycles. The Labute approximate surface area is 255 Å². The number of thiophene rings is 1. The van der Waals surface area contributed by atoms with Crippen LogP contribution in [0.3, 0.4) is 0 Å². The van der Waals surface area contributed by atoms with E-state index in [0.717, 1.165) is 55.8 Å². The Balaban J connectivity index is 1.20. The first-order valence-corrected chi connectivity index (χ1v) is 16.3. The van der Waals surface area contributed by atoms with Gasteiger partial charge in [0.25, 0.3) is 0 Å². The monoisotopic (exact) mass is 579 g/mol. The predicted molar refractivity (Wildman–Crippen MR) is 180 cm³/mol. The van der Waals surface area contributed by atoms with E-state index in [1.54, 1.807) is 0 Å². The Morgan fingerprint density at radius 3 is 2.81 bits per heavy atom. The highest BCUT2D eigenvalue weighted by Crippen LogP contribution is 2.47. The normalized spacial score (nSPS) is 20.3.